The van der Waals surface area contributed by atoms with E-state index in [0.717, 1.165) is 32.1 Å². The molecular formula is C82H164NO8P. The van der Waals surface area contributed by atoms with E-state index in [0.29, 0.717) is 17.4 Å². The smallest absolute Gasteiger partial charge is 0.306 e. The predicted molar refractivity (Wildman–Crippen MR) is 398 cm³/mol. The quantitative estimate of drug-likeness (QED) is 0.0256. The van der Waals surface area contributed by atoms with E-state index in [4.69, 9.17) is 18.5 Å². The number of carbonyl (C=O) groups is 2. The van der Waals surface area contributed by atoms with Gasteiger partial charge in [-0.1, -0.05) is 438 Å². The van der Waals surface area contributed by atoms with Crippen LogP contribution >= 0.6 is 7.82 Å². The van der Waals surface area contributed by atoms with E-state index in [1.54, 1.807) is 0 Å². The molecule has 0 saturated carbocycles. The van der Waals surface area contributed by atoms with Crippen LogP contribution < -0.4 is 4.89 Å². The molecule has 0 aliphatic heterocycles. The molecule has 0 saturated heterocycles. The van der Waals surface area contributed by atoms with Crippen LogP contribution in [0.1, 0.15) is 463 Å². The third kappa shape index (κ3) is 78.0. The summed E-state index contributed by atoms with van der Waals surface area (Å²) in [6.07, 6.45) is 92.6. The summed E-state index contributed by atoms with van der Waals surface area (Å²) in [4.78, 5) is 38.2. The summed E-state index contributed by atoms with van der Waals surface area (Å²) in [7, 11) is 1.20. The van der Waals surface area contributed by atoms with Crippen LogP contribution in [-0.4, -0.2) is 70.0 Å². The van der Waals surface area contributed by atoms with Crippen LogP contribution in [0.3, 0.4) is 0 Å². The number of carbonyl (C=O) groups excluding carboxylic acids is 2. The van der Waals surface area contributed by atoms with Gasteiger partial charge in [0.25, 0.3) is 7.82 Å². The maximum Gasteiger partial charge on any atom is 0.306 e. The van der Waals surface area contributed by atoms with E-state index in [2.05, 4.69) is 13.8 Å². The van der Waals surface area contributed by atoms with Crippen LogP contribution in [0.2, 0.25) is 0 Å². The number of likely N-dealkylation sites (N-methyl/N-ethyl adjacent to an activating group) is 1. The number of unbranched alkanes of at least 4 members (excludes halogenated alkanes) is 66. The summed E-state index contributed by atoms with van der Waals surface area (Å²) < 4.78 is 34.4. The third-order valence-corrected chi connectivity index (χ3v) is 20.6. The first-order chi connectivity index (χ1) is 45.0. The van der Waals surface area contributed by atoms with E-state index in [1.807, 2.05) is 21.1 Å². The molecule has 0 aromatic carbocycles. The highest BCUT2D eigenvalue weighted by Gasteiger charge is 2.22. The van der Waals surface area contributed by atoms with Crippen LogP contribution in [-0.2, 0) is 32.7 Å². The Bertz CT molecular complexity index is 1510. The van der Waals surface area contributed by atoms with Crippen molar-refractivity contribution >= 4 is 19.8 Å². The predicted octanol–water partition coefficient (Wildman–Crippen LogP) is 27.0. The third-order valence-electron chi connectivity index (χ3n) is 19.6. The standard InChI is InChI=1S/C82H164NO8P/c1-6-8-10-12-14-16-18-20-22-24-26-28-30-32-34-36-37-38-39-40-41-42-43-44-45-47-49-51-53-55-57-59-61-63-65-67-69-71-73-75-82(85)91-80(79-90-92(86,87)89-77-76-83(3,4)5)78-88-81(84)74-72-70-68-66-64-62-60-58-56-54-52-50-48-46-35-33-31-29-27-25-23-21-19-17-15-13-11-9-7-2/h80H,6-79H2,1-5H3. The lowest BCUT2D eigenvalue weighted by molar-refractivity contribution is -0.870. The molecule has 0 aliphatic carbocycles. The molecule has 0 heterocycles. The Morgan fingerprint density at radius 2 is 0.489 bits per heavy atom. The van der Waals surface area contributed by atoms with Gasteiger partial charge in [-0.25, -0.2) is 0 Å². The highest BCUT2D eigenvalue weighted by atomic mass is 31.2. The van der Waals surface area contributed by atoms with Crippen LogP contribution in [0.25, 0.3) is 0 Å². The molecule has 2 unspecified atom stereocenters. The molecule has 0 radical (unpaired) electrons. The molecule has 0 bridgehead atoms. The summed E-state index contributed by atoms with van der Waals surface area (Å²) in [5.74, 6) is -0.800. The van der Waals surface area contributed by atoms with Gasteiger partial charge in [0.05, 0.1) is 27.7 Å². The van der Waals surface area contributed by atoms with Gasteiger partial charge in [-0.05, 0) is 12.8 Å². The lowest BCUT2D eigenvalue weighted by Crippen LogP contribution is -2.37. The zero-order valence-corrected chi connectivity index (χ0v) is 64.0. The van der Waals surface area contributed by atoms with Crippen molar-refractivity contribution in [2.24, 2.45) is 0 Å². The molecule has 550 valence electrons. The van der Waals surface area contributed by atoms with E-state index in [9.17, 15) is 19.0 Å². The Kier molecular flexibility index (Phi) is 73.4. The molecule has 92 heavy (non-hydrogen) atoms. The Balaban J connectivity index is 3.85. The van der Waals surface area contributed by atoms with Gasteiger partial charge in [-0.2, -0.15) is 0 Å². The van der Waals surface area contributed by atoms with Crippen LogP contribution in [0.5, 0.6) is 0 Å². The number of quaternary nitrogens is 1. The Hall–Kier alpha value is -0.990. The Morgan fingerprint density at radius 1 is 0.293 bits per heavy atom. The largest absolute Gasteiger partial charge is 0.756 e. The minimum atomic E-state index is -4.64. The number of phosphoric ester groups is 1. The molecular weight excluding hydrogens is 1160 g/mol. The summed E-state index contributed by atoms with van der Waals surface area (Å²) in [5.41, 5.74) is 0. The zero-order valence-electron chi connectivity index (χ0n) is 63.1. The van der Waals surface area contributed by atoms with Gasteiger partial charge in [0.1, 0.15) is 19.8 Å². The van der Waals surface area contributed by atoms with Crippen molar-refractivity contribution in [2.75, 3.05) is 47.5 Å². The SMILES string of the molecule is CCCCCCCCCCCCCCCCCCCCCCCCCCCCCCCCCCCCCCCCCC(=O)OC(COC(=O)CCCCCCCCCCCCCCCCCCCCCCCCCCCCCCC)COP(=O)([O-])OCC[N+](C)(C)C. The number of ether oxygens (including phenoxy) is 2. The van der Waals surface area contributed by atoms with Crippen molar-refractivity contribution in [2.45, 2.75) is 469 Å². The maximum absolute atomic E-state index is 12.9. The first-order valence-electron chi connectivity index (χ1n) is 41.7. The number of esters is 2. The fourth-order valence-electron chi connectivity index (χ4n) is 13.3. The molecule has 0 spiro atoms. The number of rotatable bonds is 80. The molecule has 2 atom stereocenters. The lowest BCUT2D eigenvalue weighted by Gasteiger charge is -2.28. The highest BCUT2D eigenvalue weighted by molar-refractivity contribution is 7.45. The average Bonchev–Trinajstić information content (AvgIpc) is 2.14. The molecule has 0 rings (SSSR count). The first-order valence-corrected chi connectivity index (χ1v) is 43.2. The van der Waals surface area contributed by atoms with Gasteiger partial charge in [0.2, 0.25) is 0 Å². The minimum Gasteiger partial charge on any atom is -0.756 e. The maximum atomic E-state index is 12.9. The molecule has 0 fully saturated rings. The molecule has 9 nitrogen and oxygen atoms in total. The van der Waals surface area contributed by atoms with Crippen molar-refractivity contribution in [3.05, 3.63) is 0 Å². The second kappa shape index (κ2) is 74.2. The molecule has 0 aromatic heterocycles. The van der Waals surface area contributed by atoms with E-state index in [-0.39, 0.29) is 32.0 Å². The van der Waals surface area contributed by atoms with Crippen molar-refractivity contribution in [1.29, 1.82) is 0 Å². The van der Waals surface area contributed by atoms with Crippen LogP contribution in [0.15, 0.2) is 0 Å². The minimum absolute atomic E-state index is 0.0246. The van der Waals surface area contributed by atoms with Crippen molar-refractivity contribution in [1.82, 2.24) is 0 Å². The van der Waals surface area contributed by atoms with Crippen molar-refractivity contribution < 1.29 is 42.1 Å². The van der Waals surface area contributed by atoms with Gasteiger partial charge in [0.15, 0.2) is 6.10 Å². The van der Waals surface area contributed by atoms with Crippen molar-refractivity contribution in [3.8, 4) is 0 Å². The summed E-state index contributed by atoms with van der Waals surface area (Å²) in [5, 5.41) is 0. The van der Waals surface area contributed by atoms with E-state index >= 15 is 0 Å². The Morgan fingerprint density at radius 3 is 0.696 bits per heavy atom. The number of phosphoric acid groups is 1. The molecule has 0 amide bonds. The zero-order chi connectivity index (χ0) is 66.9. The monoisotopic (exact) mass is 1320 g/mol. The fourth-order valence-corrected chi connectivity index (χ4v) is 14.0. The molecule has 0 aromatic rings. The van der Waals surface area contributed by atoms with E-state index in [1.165, 1.54) is 398 Å². The Labute approximate surface area is 575 Å². The van der Waals surface area contributed by atoms with Gasteiger partial charge in [-0.3, -0.25) is 14.2 Å². The molecule has 0 N–H and O–H groups in total. The number of nitrogens with zero attached hydrogens (tertiary/aromatic N) is 1. The summed E-state index contributed by atoms with van der Waals surface area (Å²) in [6, 6.07) is 0. The topological polar surface area (TPSA) is 111 Å². The number of hydrogen-bond donors (Lipinski definition) is 0. The van der Waals surface area contributed by atoms with Crippen LogP contribution in [0, 0.1) is 0 Å². The lowest BCUT2D eigenvalue weighted by atomic mass is 10.0. The molecule has 0 aliphatic rings. The summed E-state index contributed by atoms with van der Waals surface area (Å²) in [6.45, 7) is 4.35. The molecule has 10 heteroatoms. The second-order valence-corrected chi connectivity index (χ2v) is 31.6. The summed E-state index contributed by atoms with van der Waals surface area (Å²) >= 11 is 0. The second-order valence-electron chi connectivity index (χ2n) is 30.2. The highest BCUT2D eigenvalue weighted by Crippen LogP contribution is 2.38. The van der Waals surface area contributed by atoms with Gasteiger partial charge >= 0.3 is 11.9 Å². The number of hydrogen-bond acceptors (Lipinski definition) is 8. The normalized spacial score (nSPS) is 12.9. The average molecular weight is 1320 g/mol. The van der Waals surface area contributed by atoms with Gasteiger partial charge < -0.3 is 27.9 Å². The van der Waals surface area contributed by atoms with Crippen LogP contribution in [0.4, 0.5) is 0 Å². The fraction of sp³-hybridized carbons (Fsp3) is 0.976. The first kappa shape index (κ1) is 91.0. The van der Waals surface area contributed by atoms with Gasteiger partial charge in [-0.15, -0.1) is 0 Å². The van der Waals surface area contributed by atoms with Crippen molar-refractivity contribution in [3.63, 3.8) is 0 Å². The van der Waals surface area contributed by atoms with E-state index < -0.39 is 26.5 Å². The van der Waals surface area contributed by atoms with Gasteiger partial charge in [0, 0.05) is 12.8 Å².